The van der Waals surface area contributed by atoms with Crippen molar-refractivity contribution in [3.05, 3.63) is 84.7 Å². The monoisotopic (exact) mass is 347 g/mol. The molecule has 0 aliphatic carbocycles. The molecule has 1 aromatic heterocycles. The molecule has 0 aliphatic rings. The lowest BCUT2D eigenvalue weighted by atomic mass is 10.2. The molecule has 26 heavy (non-hydrogen) atoms. The Hall–Kier alpha value is -3.34. The van der Waals surface area contributed by atoms with Crippen LogP contribution in [0.15, 0.2) is 79.1 Å². The number of nitrogens with zero attached hydrogens (tertiary/aromatic N) is 1. The summed E-state index contributed by atoms with van der Waals surface area (Å²) in [5, 5.41) is 6.08. The first-order valence-electron chi connectivity index (χ1n) is 8.45. The van der Waals surface area contributed by atoms with Gasteiger partial charge in [-0.3, -0.25) is 9.78 Å². The van der Waals surface area contributed by atoms with Gasteiger partial charge in [0.2, 0.25) is 5.91 Å². The summed E-state index contributed by atoms with van der Waals surface area (Å²) in [6, 6.07) is 20.4. The summed E-state index contributed by atoms with van der Waals surface area (Å²) >= 11 is 0. The number of rotatable bonds is 7. The molecule has 1 amide bonds. The van der Waals surface area contributed by atoms with E-state index in [2.05, 4.69) is 15.6 Å². The van der Waals surface area contributed by atoms with Crippen LogP contribution in [-0.2, 0) is 11.4 Å². The molecular weight excluding hydrogens is 326 g/mol. The van der Waals surface area contributed by atoms with Crippen LogP contribution in [0.4, 0.5) is 11.4 Å². The molecule has 0 saturated heterocycles. The SMILES string of the molecule is C[C@@H](Nc1cccc(OCc2cccnc2)c1)C(=O)Nc1ccccc1. The molecule has 0 aliphatic heterocycles. The van der Waals surface area contributed by atoms with Crippen LogP contribution in [0.3, 0.4) is 0 Å². The van der Waals surface area contributed by atoms with Crippen molar-refractivity contribution in [1.82, 2.24) is 4.98 Å². The first-order chi connectivity index (χ1) is 12.7. The van der Waals surface area contributed by atoms with E-state index < -0.39 is 0 Å². The molecule has 5 nitrogen and oxygen atoms in total. The van der Waals surface area contributed by atoms with Gasteiger partial charge in [-0.15, -0.1) is 0 Å². The van der Waals surface area contributed by atoms with Crippen LogP contribution in [0.2, 0.25) is 0 Å². The highest BCUT2D eigenvalue weighted by Crippen LogP contribution is 2.19. The molecule has 2 aromatic carbocycles. The van der Waals surface area contributed by atoms with Gasteiger partial charge in [-0.2, -0.15) is 0 Å². The lowest BCUT2D eigenvalue weighted by Crippen LogP contribution is -2.31. The molecule has 1 heterocycles. The van der Waals surface area contributed by atoms with Gasteiger partial charge in [0.05, 0.1) is 0 Å². The molecule has 2 N–H and O–H groups in total. The molecule has 0 unspecified atom stereocenters. The summed E-state index contributed by atoms with van der Waals surface area (Å²) in [6.45, 7) is 2.27. The molecule has 1 atom stereocenters. The Labute approximate surface area is 153 Å². The maximum atomic E-state index is 12.3. The maximum absolute atomic E-state index is 12.3. The third-order valence-corrected chi connectivity index (χ3v) is 3.78. The van der Waals surface area contributed by atoms with Crippen LogP contribution in [0, 0.1) is 0 Å². The van der Waals surface area contributed by atoms with Gasteiger partial charge < -0.3 is 15.4 Å². The number of hydrogen-bond donors (Lipinski definition) is 2. The quantitative estimate of drug-likeness (QED) is 0.675. The smallest absolute Gasteiger partial charge is 0.246 e. The molecule has 0 fully saturated rings. The Morgan fingerprint density at radius 3 is 2.62 bits per heavy atom. The Kier molecular flexibility index (Phi) is 5.83. The summed E-state index contributed by atoms with van der Waals surface area (Å²) in [7, 11) is 0. The Morgan fingerprint density at radius 2 is 1.85 bits per heavy atom. The van der Waals surface area contributed by atoms with E-state index in [1.54, 1.807) is 12.4 Å². The first-order valence-corrected chi connectivity index (χ1v) is 8.45. The number of aromatic nitrogens is 1. The molecule has 0 radical (unpaired) electrons. The topological polar surface area (TPSA) is 63.2 Å². The fourth-order valence-corrected chi connectivity index (χ4v) is 2.41. The van der Waals surface area contributed by atoms with Crippen molar-refractivity contribution in [2.75, 3.05) is 10.6 Å². The normalized spacial score (nSPS) is 11.4. The predicted octanol–water partition coefficient (Wildman–Crippen LogP) is 4.10. The van der Waals surface area contributed by atoms with Crippen LogP contribution >= 0.6 is 0 Å². The Bertz CT molecular complexity index is 838. The van der Waals surface area contributed by atoms with Gasteiger partial charge in [0.15, 0.2) is 0 Å². The zero-order chi connectivity index (χ0) is 18.2. The van der Waals surface area contributed by atoms with Crippen molar-refractivity contribution >= 4 is 17.3 Å². The second kappa shape index (κ2) is 8.67. The van der Waals surface area contributed by atoms with Crippen molar-refractivity contribution in [1.29, 1.82) is 0 Å². The summed E-state index contributed by atoms with van der Waals surface area (Å²) in [5.41, 5.74) is 2.60. The predicted molar refractivity (Wildman–Crippen MR) is 103 cm³/mol. The van der Waals surface area contributed by atoms with Crippen molar-refractivity contribution in [2.45, 2.75) is 19.6 Å². The van der Waals surface area contributed by atoms with Crippen molar-refractivity contribution in [3.8, 4) is 5.75 Å². The van der Waals surface area contributed by atoms with Crippen LogP contribution in [0.1, 0.15) is 12.5 Å². The number of anilines is 2. The van der Waals surface area contributed by atoms with Gasteiger partial charge in [0.1, 0.15) is 18.4 Å². The highest BCUT2D eigenvalue weighted by atomic mass is 16.5. The molecule has 0 spiro atoms. The van der Waals surface area contributed by atoms with E-state index in [0.29, 0.717) is 6.61 Å². The number of carbonyl (C=O) groups is 1. The van der Waals surface area contributed by atoms with E-state index in [-0.39, 0.29) is 11.9 Å². The number of amides is 1. The van der Waals surface area contributed by atoms with Crippen LogP contribution < -0.4 is 15.4 Å². The summed E-state index contributed by atoms with van der Waals surface area (Å²) in [6.07, 6.45) is 3.51. The third kappa shape index (κ3) is 5.08. The number of ether oxygens (including phenoxy) is 1. The fourth-order valence-electron chi connectivity index (χ4n) is 2.41. The molecule has 0 saturated carbocycles. The van der Waals surface area contributed by atoms with Crippen LogP contribution in [0.5, 0.6) is 5.75 Å². The molecule has 3 aromatic rings. The van der Waals surface area contributed by atoms with Gasteiger partial charge in [-0.25, -0.2) is 0 Å². The largest absolute Gasteiger partial charge is 0.489 e. The average Bonchev–Trinajstić information content (AvgIpc) is 2.68. The van der Waals surface area contributed by atoms with Crippen molar-refractivity contribution in [2.24, 2.45) is 0 Å². The highest BCUT2D eigenvalue weighted by Gasteiger charge is 2.13. The van der Waals surface area contributed by atoms with Crippen molar-refractivity contribution in [3.63, 3.8) is 0 Å². The summed E-state index contributed by atoms with van der Waals surface area (Å²) < 4.78 is 5.79. The zero-order valence-corrected chi connectivity index (χ0v) is 14.6. The van der Waals surface area contributed by atoms with Gasteiger partial charge in [-0.05, 0) is 37.3 Å². The van der Waals surface area contributed by atoms with Crippen LogP contribution in [0.25, 0.3) is 0 Å². The molecular formula is C21H21N3O2. The number of benzene rings is 2. The average molecular weight is 347 g/mol. The Morgan fingerprint density at radius 1 is 1.04 bits per heavy atom. The molecule has 3 rings (SSSR count). The lowest BCUT2D eigenvalue weighted by molar-refractivity contribution is -0.116. The van der Waals surface area contributed by atoms with Gasteiger partial charge in [-0.1, -0.05) is 30.3 Å². The van der Waals surface area contributed by atoms with E-state index in [1.165, 1.54) is 0 Å². The minimum absolute atomic E-state index is 0.0992. The fraction of sp³-hybridized carbons (Fsp3) is 0.143. The van der Waals surface area contributed by atoms with Gasteiger partial charge in [0.25, 0.3) is 0 Å². The van der Waals surface area contributed by atoms with Crippen molar-refractivity contribution < 1.29 is 9.53 Å². The van der Waals surface area contributed by atoms with E-state index in [4.69, 9.17) is 4.74 Å². The molecule has 132 valence electrons. The van der Waals surface area contributed by atoms with Gasteiger partial charge >= 0.3 is 0 Å². The number of hydrogen-bond acceptors (Lipinski definition) is 4. The number of carbonyl (C=O) groups excluding carboxylic acids is 1. The molecule has 5 heteroatoms. The van der Waals surface area contributed by atoms with Gasteiger partial charge in [0, 0.05) is 35.4 Å². The minimum Gasteiger partial charge on any atom is -0.489 e. The standard InChI is InChI=1S/C21H21N3O2/c1-16(21(25)24-18-8-3-2-4-9-18)23-19-10-5-11-20(13-19)26-15-17-7-6-12-22-14-17/h2-14,16,23H,15H2,1H3,(H,24,25)/t16-/m1/s1. The second-order valence-corrected chi connectivity index (χ2v) is 5.90. The van der Waals surface area contributed by atoms with E-state index >= 15 is 0 Å². The summed E-state index contributed by atoms with van der Waals surface area (Å²) in [5.74, 6) is 0.632. The molecule has 0 bridgehead atoms. The third-order valence-electron chi connectivity index (χ3n) is 3.78. The highest BCUT2D eigenvalue weighted by molar-refractivity contribution is 5.96. The van der Waals surface area contributed by atoms with Crippen LogP contribution in [-0.4, -0.2) is 16.9 Å². The number of nitrogens with one attached hydrogen (secondary N) is 2. The Balaban J connectivity index is 1.56. The number of pyridine rings is 1. The lowest BCUT2D eigenvalue weighted by Gasteiger charge is -2.16. The summed E-state index contributed by atoms with van der Waals surface area (Å²) in [4.78, 5) is 16.4. The van der Waals surface area contributed by atoms with E-state index in [0.717, 1.165) is 22.7 Å². The van der Waals surface area contributed by atoms with E-state index in [1.807, 2.05) is 73.7 Å². The second-order valence-electron chi connectivity index (χ2n) is 5.90. The maximum Gasteiger partial charge on any atom is 0.246 e. The first kappa shape index (κ1) is 17.5. The minimum atomic E-state index is -0.385. The van der Waals surface area contributed by atoms with E-state index in [9.17, 15) is 4.79 Å². The zero-order valence-electron chi connectivity index (χ0n) is 14.6. The number of para-hydroxylation sites is 1.